The molecular weight excluding hydrogens is 503 g/mol. The second-order valence-corrected chi connectivity index (χ2v) is 7.75. The molecule has 11 heteroatoms. The van der Waals surface area contributed by atoms with Crippen molar-refractivity contribution in [1.29, 1.82) is 0 Å². The van der Waals surface area contributed by atoms with Crippen LogP contribution in [0.4, 0.5) is 0 Å². The SMILES string of the molecule is O=C(N/N=C\c1c(O)n(-c2ccc(Cl)c(Cl)c2)c(=S)[nH]c1=O)c1ccc(Br)cc1. The molecule has 2 aromatic carbocycles. The summed E-state index contributed by atoms with van der Waals surface area (Å²) in [6.07, 6.45) is 1.02. The van der Waals surface area contributed by atoms with Crippen LogP contribution in [-0.2, 0) is 0 Å². The van der Waals surface area contributed by atoms with Gasteiger partial charge in [-0.15, -0.1) is 0 Å². The summed E-state index contributed by atoms with van der Waals surface area (Å²) in [5.41, 5.74) is 2.16. The number of H-pyrrole nitrogens is 1. The molecular formula is C18H11BrCl2N4O3S. The van der Waals surface area contributed by atoms with Crippen molar-refractivity contribution in [1.82, 2.24) is 15.0 Å². The Bertz CT molecular complexity index is 1240. The highest BCUT2D eigenvalue weighted by Crippen LogP contribution is 2.27. The number of hydrazone groups is 1. The van der Waals surface area contributed by atoms with Crippen molar-refractivity contribution in [3.8, 4) is 11.6 Å². The maximum atomic E-state index is 12.2. The van der Waals surface area contributed by atoms with E-state index in [0.717, 1.165) is 10.7 Å². The number of aromatic nitrogens is 2. The molecule has 3 N–H and O–H groups in total. The van der Waals surface area contributed by atoms with Gasteiger partial charge in [-0.25, -0.2) is 5.43 Å². The summed E-state index contributed by atoms with van der Waals surface area (Å²) in [4.78, 5) is 26.7. The summed E-state index contributed by atoms with van der Waals surface area (Å²) >= 11 is 20.3. The Labute approximate surface area is 187 Å². The van der Waals surface area contributed by atoms with E-state index in [0.29, 0.717) is 16.3 Å². The van der Waals surface area contributed by atoms with Crippen molar-refractivity contribution in [2.45, 2.75) is 0 Å². The van der Waals surface area contributed by atoms with Gasteiger partial charge < -0.3 is 5.11 Å². The van der Waals surface area contributed by atoms with E-state index >= 15 is 0 Å². The Kier molecular flexibility index (Phi) is 6.53. The summed E-state index contributed by atoms with van der Waals surface area (Å²) in [7, 11) is 0. The van der Waals surface area contributed by atoms with Crippen molar-refractivity contribution < 1.29 is 9.90 Å². The third kappa shape index (κ3) is 4.76. The average molecular weight is 514 g/mol. The number of aromatic amines is 1. The van der Waals surface area contributed by atoms with E-state index in [1.807, 2.05) is 0 Å². The number of aromatic hydroxyl groups is 1. The van der Waals surface area contributed by atoms with Crippen LogP contribution in [0.15, 0.2) is 56.8 Å². The Balaban J connectivity index is 1.93. The lowest BCUT2D eigenvalue weighted by Gasteiger charge is -2.11. The molecule has 0 saturated carbocycles. The zero-order chi connectivity index (χ0) is 21.1. The predicted octanol–water partition coefficient (Wildman–Crippen LogP) is 4.43. The Morgan fingerprint density at radius 3 is 2.55 bits per heavy atom. The van der Waals surface area contributed by atoms with Crippen LogP contribution in [0.5, 0.6) is 5.88 Å². The summed E-state index contributed by atoms with van der Waals surface area (Å²) in [6.45, 7) is 0. The highest BCUT2D eigenvalue weighted by Gasteiger charge is 2.14. The molecule has 0 aliphatic carbocycles. The van der Waals surface area contributed by atoms with E-state index in [-0.39, 0.29) is 15.4 Å². The smallest absolute Gasteiger partial charge is 0.271 e. The number of benzene rings is 2. The second-order valence-electron chi connectivity index (χ2n) is 5.64. The number of hydrogen-bond acceptors (Lipinski definition) is 5. The average Bonchev–Trinajstić information content (AvgIpc) is 2.67. The number of nitrogens with one attached hydrogen (secondary N) is 2. The highest BCUT2D eigenvalue weighted by atomic mass is 79.9. The molecule has 0 atom stereocenters. The molecule has 0 aliphatic heterocycles. The zero-order valence-electron chi connectivity index (χ0n) is 14.3. The first-order chi connectivity index (χ1) is 13.8. The molecule has 7 nitrogen and oxygen atoms in total. The molecule has 29 heavy (non-hydrogen) atoms. The van der Waals surface area contributed by atoms with Gasteiger partial charge in [-0.05, 0) is 54.7 Å². The minimum absolute atomic E-state index is 0.0538. The number of carbonyl (C=O) groups excluding carboxylic acids is 1. The highest BCUT2D eigenvalue weighted by molar-refractivity contribution is 9.10. The number of nitrogens with zero attached hydrogens (tertiary/aromatic N) is 2. The van der Waals surface area contributed by atoms with Crippen LogP contribution in [0, 0.1) is 4.77 Å². The number of halogens is 3. The largest absolute Gasteiger partial charge is 0.494 e. The molecule has 148 valence electrons. The van der Waals surface area contributed by atoms with Crippen molar-refractivity contribution in [2.75, 3.05) is 0 Å². The van der Waals surface area contributed by atoms with Crippen LogP contribution in [0.2, 0.25) is 10.0 Å². The van der Waals surface area contributed by atoms with Crippen LogP contribution >= 0.6 is 51.3 Å². The summed E-state index contributed by atoms with van der Waals surface area (Å²) in [6, 6.07) is 11.2. The van der Waals surface area contributed by atoms with E-state index in [2.05, 4.69) is 31.4 Å². The second kappa shape index (κ2) is 8.91. The van der Waals surface area contributed by atoms with Gasteiger partial charge in [0.1, 0.15) is 5.56 Å². The lowest BCUT2D eigenvalue weighted by atomic mass is 10.2. The van der Waals surface area contributed by atoms with Gasteiger partial charge in [-0.2, -0.15) is 5.10 Å². The van der Waals surface area contributed by atoms with E-state index in [4.69, 9.17) is 35.4 Å². The Morgan fingerprint density at radius 2 is 1.90 bits per heavy atom. The van der Waals surface area contributed by atoms with Crippen molar-refractivity contribution in [2.24, 2.45) is 5.10 Å². The molecule has 3 rings (SSSR count). The molecule has 0 unspecified atom stereocenters. The molecule has 1 aromatic heterocycles. The van der Waals surface area contributed by atoms with Gasteiger partial charge in [0.15, 0.2) is 4.77 Å². The van der Waals surface area contributed by atoms with Gasteiger partial charge in [0.05, 0.1) is 21.9 Å². The first-order valence-corrected chi connectivity index (χ1v) is 9.86. The maximum absolute atomic E-state index is 12.2. The number of rotatable bonds is 4. The Hall–Kier alpha value is -2.46. The first kappa shape index (κ1) is 21.3. The van der Waals surface area contributed by atoms with Crippen LogP contribution in [-0.4, -0.2) is 26.8 Å². The van der Waals surface area contributed by atoms with Gasteiger partial charge in [0.25, 0.3) is 11.5 Å². The number of hydrogen-bond donors (Lipinski definition) is 3. The fourth-order valence-electron chi connectivity index (χ4n) is 2.34. The standard InChI is InChI=1S/C18H11BrCl2N4O3S/c19-10-3-1-9(2-4-10)15(26)24-22-8-12-16(27)23-18(29)25(17(12)28)11-5-6-13(20)14(21)7-11/h1-8,28H,(H,24,26)(H,23,27,29)/b22-8-. The molecule has 0 saturated heterocycles. The van der Waals surface area contributed by atoms with Gasteiger partial charge in [0, 0.05) is 10.0 Å². The molecule has 3 aromatic rings. The molecule has 0 spiro atoms. The number of carbonyl (C=O) groups is 1. The van der Waals surface area contributed by atoms with Gasteiger partial charge in [0.2, 0.25) is 5.88 Å². The third-order valence-electron chi connectivity index (χ3n) is 3.75. The van der Waals surface area contributed by atoms with Gasteiger partial charge in [-0.3, -0.25) is 19.1 Å². The fraction of sp³-hybridized carbons (Fsp3) is 0. The molecule has 0 bridgehead atoms. The van der Waals surface area contributed by atoms with Crippen LogP contribution in [0.3, 0.4) is 0 Å². The third-order valence-corrected chi connectivity index (χ3v) is 5.30. The van der Waals surface area contributed by atoms with E-state index in [9.17, 15) is 14.7 Å². The normalized spacial score (nSPS) is 11.0. The molecule has 0 aliphatic rings. The lowest BCUT2D eigenvalue weighted by Crippen LogP contribution is -2.21. The molecule has 0 fully saturated rings. The predicted molar refractivity (Wildman–Crippen MR) is 118 cm³/mol. The minimum atomic E-state index is -0.676. The van der Waals surface area contributed by atoms with Crippen molar-refractivity contribution in [3.05, 3.63) is 83.2 Å². The lowest BCUT2D eigenvalue weighted by molar-refractivity contribution is 0.0955. The van der Waals surface area contributed by atoms with Crippen LogP contribution in [0.1, 0.15) is 15.9 Å². The fourth-order valence-corrected chi connectivity index (χ4v) is 3.18. The van der Waals surface area contributed by atoms with Crippen LogP contribution < -0.4 is 11.0 Å². The van der Waals surface area contributed by atoms with E-state index in [1.54, 1.807) is 30.3 Å². The summed E-state index contributed by atoms with van der Waals surface area (Å²) in [5, 5.41) is 14.9. The van der Waals surface area contributed by atoms with Gasteiger partial charge >= 0.3 is 0 Å². The minimum Gasteiger partial charge on any atom is -0.494 e. The van der Waals surface area contributed by atoms with Crippen molar-refractivity contribution in [3.63, 3.8) is 0 Å². The monoisotopic (exact) mass is 512 g/mol. The summed E-state index contributed by atoms with van der Waals surface area (Å²) < 4.78 is 1.96. The van der Waals surface area contributed by atoms with Crippen molar-refractivity contribution >= 4 is 63.5 Å². The summed E-state index contributed by atoms with van der Waals surface area (Å²) in [5.74, 6) is -0.958. The first-order valence-electron chi connectivity index (χ1n) is 7.90. The quantitative estimate of drug-likeness (QED) is 0.273. The molecule has 1 amide bonds. The van der Waals surface area contributed by atoms with E-state index in [1.165, 1.54) is 16.7 Å². The van der Waals surface area contributed by atoms with E-state index < -0.39 is 17.3 Å². The molecule has 0 radical (unpaired) electrons. The maximum Gasteiger partial charge on any atom is 0.271 e. The van der Waals surface area contributed by atoms with Crippen LogP contribution in [0.25, 0.3) is 5.69 Å². The topological polar surface area (TPSA) is 99.5 Å². The molecule has 1 heterocycles. The zero-order valence-corrected chi connectivity index (χ0v) is 18.2. The van der Waals surface area contributed by atoms with Gasteiger partial charge in [-0.1, -0.05) is 39.1 Å². The number of amides is 1. The Morgan fingerprint density at radius 1 is 1.21 bits per heavy atom.